The molecule has 0 atom stereocenters. The van der Waals surface area contributed by atoms with Crippen LogP contribution in [0.2, 0.25) is 0 Å². The van der Waals surface area contributed by atoms with E-state index in [0.717, 1.165) is 52.9 Å². The number of nitrogen functional groups attached to an aromatic ring is 1. The number of hydrogen-bond acceptors (Lipinski definition) is 9. The standard InChI is InChI=1S/C22H23N3O5S2/c1-4-30-22(28)16-10(2)14(21(27)29-3)20(31-16)25-18(26)17-15(23)12-9-11-7-5-6-8-13(11)24-19(12)32-17/h9H,4-8,23H2,1-3H3,(H,25,26). The zero-order valence-corrected chi connectivity index (χ0v) is 19.6. The number of pyridine rings is 1. The molecule has 0 saturated heterocycles. The molecule has 8 nitrogen and oxygen atoms in total. The number of anilines is 2. The number of fused-ring (bicyclic) bond motifs is 2. The highest BCUT2D eigenvalue weighted by molar-refractivity contribution is 7.21. The van der Waals surface area contributed by atoms with E-state index in [0.29, 0.717) is 16.1 Å². The van der Waals surface area contributed by atoms with E-state index in [9.17, 15) is 14.4 Å². The van der Waals surface area contributed by atoms with Crippen LogP contribution in [0, 0.1) is 6.92 Å². The van der Waals surface area contributed by atoms with Gasteiger partial charge in [-0.2, -0.15) is 0 Å². The summed E-state index contributed by atoms with van der Waals surface area (Å²) in [7, 11) is 1.24. The van der Waals surface area contributed by atoms with Crippen molar-refractivity contribution in [2.24, 2.45) is 0 Å². The number of aromatic nitrogens is 1. The molecule has 0 fully saturated rings. The molecule has 0 saturated carbocycles. The fourth-order valence-electron chi connectivity index (χ4n) is 3.83. The second-order valence-electron chi connectivity index (χ2n) is 7.43. The number of hydrogen-bond donors (Lipinski definition) is 2. The molecule has 32 heavy (non-hydrogen) atoms. The van der Waals surface area contributed by atoms with Gasteiger partial charge in [0.2, 0.25) is 0 Å². The molecular formula is C22H23N3O5S2. The lowest BCUT2D eigenvalue weighted by Crippen LogP contribution is -2.14. The molecule has 0 unspecified atom stereocenters. The summed E-state index contributed by atoms with van der Waals surface area (Å²) in [4.78, 5) is 43.8. The Hall–Kier alpha value is -2.98. The third kappa shape index (κ3) is 3.84. The highest BCUT2D eigenvalue weighted by atomic mass is 32.1. The summed E-state index contributed by atoms with van der Waals surface area (Å²) >= 11 is 2.19. The Bertz CT molecular complexity index is 1240. The first kappa shape index (κ1) is 22.2. The van der Waals surface area contributed by atoms with E-state index in [4.69, 9.17) is 20.2 Å². The van der Waals surface area contributed by atoms with Gasteiger partial charge in [0.15, 0.2) is 0 Å². The van der Waals surface area contributed by atoms with Crippen LogP contribution < -0.4 is 11.1 Å². The predicted octanol–water partition coefficient (Wildman–Crippen LogP) is 4.34. The Balaban J connectivity index is 1.71. The molecule has 0 aromatic carbocycles. The van der Waals surface area contributed by atoms with E-state index < -0.39 is 17.8 Å². The number of carbonyl (C=O) groups excluding carboxylic acids is 3. The molecule has 1 amide bonds. The largest absolute Gasteiger partial charge is 0.465 e. The lowest BCUT2D eigenvalue weighted by Gasteiger charge is -2.14. The van der Waals surface area contributed by atoms with E-state index in [1.807, 2.05) is 6.07 Å². The van der Waals surface area contributed by atoms with Crippen molar-refractivity contribution in [2.75, 3.05) is 24.8 Å². The Morgan fingerprint density at radius 2 is 1.91 bits per heavy atom. The van der Waals surface area contributed by atoms with Gasteiger partial charge in [-0.1, -0.05) is 0 Å². The SMILES string of the molecule is CCOC(=O)c1sc(NC(=O)c2sc3nc4c(cc3c2N)CCCC4)c(C(=O)OC)c1C. The van der Waals surface area contributed by atoms with Crippen molar-refractivity contribution in [3.8, 4) is 0 Å². The van der Waals surface area contributed by atoms with Crippen molar-refractivity contribution in [3.63, 3.8) is 0 Å². The first-order chi connectivity index (χ1) is 15.3. The summed E-state index contributed by atoms with van der Waals surface area (Å²) in [6.07, 6.45) is 4.12. The number of nitrogens with one attached hydrogen (secondary N) is 1. The predicted molar refractivity (Wildman–Crippen MR) is 125 cm³/mol. The molecule has 1 aliphatic carbocycles. The summed E-state index contributed by atoms with van der Waals surface area (Å²) in [6.45, 7) is 3.51. The lowest BCUT2D eigenvalue weighted by molar-refractivity contribution is 0.0531. The highest BCUT2D eigenvalue weighted by Crippen LogP contribution is 2.38. The number of nitrogens with two attached hydrogens (primary N) is 1. The molecule has 0 spiro atoms. The van der Waals surface area contributed by atoms with Crippen LogP contribution in [0.15, 0.2) is 6.07 Å². The quantitative estimate of drug-likeness (QED) is 0.529. The second kappa shape index (κ2) is 8.87. The van der Waals surface area contributed by atoms with Gasteiger partial charge < -0.3 is 20.5 Å². The minimum atomic E-state index is -0.650. The first-order valence-corrected chi connectivity index (χ1v) is 11.9. The summed E-state index contributed by atoms with van der Waals surface area (Å²) in [5.41, 5.74) is 9.46. The van der Waals surface area contributed by atoms with Gasteiger partial charge in [-0.25, -0.2) is 14.6 Å². The Morgan fingerprint density at radius 3 is 2.62 bits per heavy atom. The van der Waals surface area contributed by atoms with Crippen molar-refractivity contribution in [1.29, 1.82) is 0 Å². The first-order valence-electron chi connectivity index (χ1n) is 10.3. The van der Waals surface area contributed by atoms with E-state index in [1.54, 1.807) is 13.8 Å². The number of thiophene rings is 2. The molecule has 3 aromatic heterocycles. The molecule has 4 rings (SSSR count). The third-order valence-corrected chi connectivity index (χ3v) is 7.73. The van der Waals surface area contributed by atoms with Crippen LogP contribution in [-0.2, 0) is 22.3 Å². The van der Waals surface area contributed by atoms with Crippen molar-refractivity contribution in [3.05, 3.63) is 38.2 Å². The molecule has 0 aliphatic heterocycles. The molecular weight excluding hydrogens is 450 g/mol. The fourth-order valence-corrected chi connectivity index (χ4v) is 5.90. The third-order valence-electron chi connectivity index (χ3n) is 5.43. The van der Waals surface area contributed by atoms with Gasteiger partial charge in [0.25, 0.3) is 5.91 Å². The number of aryl methyl sites for hydroxylation is 2. The average Bonchev–Trinajstić information content (AvgIpc) is 3.28. The molecule has 0 radical (unpaired) electrons. The minimum Gasteiger partial charge on any atom is -0.465 e. The number of nitrogens with zero attached hydrogens (tertiary/aromatic N) is 1. The van der Waals surface area contributed by atoms with Crippen LogP contribution >= 0.6 is 22.7 Å². The maximum atomic E-state index is 13.1. The van der Waals surface area contributed by atoms with Crippen LogP contribution in [0.4, 0.5) is 10.7 Å². The summed E-state index contributed by atoms with van der Waals surface area (Å²) in [5, 5.41) is 3.73. The molecule has 1 aliphatic rings. The Morgan fingerprint density at radius 1 is 1.16 bits per heavy atom. The Kier molecular flexibility index (Phi) is 6.16. The maximum Gasteiger partial charge on any atom is 0.348 e. The summed E-state index contributed by atoms with van der Waals surface area (Å²) in [5.74, 6) is -1.68. The zero-order chi connectivity index (χ0) is 23.0. The van der Waals surface area contributed by atoms with E-state index >= 15 is 0 Å². The van der Waals surface area contributed by atoms with Gasteiger partial charge in [0.1, 0.15) is 19.6 Å². The highest BCUT2D eigenvalue weighted by Gasteiger charge is 2.28. The van der Waals surface area contributed by atoms with Crippen molar-refractivity contribution < 1.29 is 23.9 Å². The number of methoxy groups -OCH3 is 1. The van der Waals surface area contributed by atoms with Gasteiger partial charge in [-0.15, -0.1) is 22.7 Å². The maximum absolute atomic E-state index is 13.1. The van der Waals surface area contributed by atoms with Crippen molar-refractivity contribution in [2.45, 2.75) is 39.5 Å². The number of carbonyl (C=O) groups is 3. The number of rotatable bonds is 5. The lowest BCUT2D eigenvalue weighted by atomic mass is 9.95. The van der Waals surface area contributed by atoms with Crippen molar-refractivity contribution >= 4 is 61.4 Å². The molecule has 3 aromatic rings. The van der Waals surface area contributed by atoms with Gasteiger partial charge in [0.05, 0.1) is 25.0 Å². The molecule has 3 heterocycles. The van der Waals surface area contributed by atoms with E-state index in [1.165, 1.54) is 24.0 Å². The minimum absolute atomic E-state index is 0.127. The summed E-state index contributed by atoms with van der Waals surface area (Å²) < 4.78 is 9.93. The van der Waals surface area contributed by atoms with Gasteiger partial charge in [0, 0.05) is 11.1 Å². The van der Waals surface area contributed by atoms with Crippen LogP contribution in [-0.4, -0.2) is 36.5 Å². The number of esters is 2. The van der Waals surface area contributed by atoms with Crippen LogP contribution in [0.25, 0.3) is 10.2 Å². The van der Waals surface area contributed by atoms with Crippen molar-refractivity contribution in [1.82, 2.24) is 4.98 Å². The van der Waals surface area contributed by atoms with E-state index in [-0.39, 0.29) is 22.0 Å². The topological polar surface area (TPSA) is 121 Å². The second-order valence-corrected chi connectivity index (χ2v) is 9.45. The average molecular weight is 474 g/mol. The fraction of sp³-hybridized carbons (Fsp3) is 0.364. The molecule has 3 N–H and O–H groups in total. The normalized spacial score (nSPS) is 13.0. The Labute approximate surface area is 192 Å². The number of amides is 1. The van der Waals surface area contributed by atoms with Crippen LogP contribution in [0.1, 0.15) is 66.3 Å². The monoisotopic (exact) mass is 473 g/mol. The van der Waals surface area contributed by atoms with E-state index in [2.05, 4.69) is 5.32 Å². The smallest absolute Gasteiger partial charge is 0.348 e. The summed E-state index contributed by atoms with van der Waals surface area (Å²) in [6, 6.07) is 2.04. The zero-order valence-electron chi connectivity index (χ0n) is 18.0. The van der Waals surface area contributed by atoms with Crippen LogP contribution in [0.5, 0.6) is 0 Å². The van der Waals surface area contributed by atoms with Crippen LogP contribution in [0.3, 0.4) is 0 Å². The number of ether oxygens (including phenoxy) is 2. The van der Waals surface area contributed by atoms with Gasteiger partial charge >= 0.3 is 11.9 Å². The van der Waals surface area contributed by atoms with Gasteiger partial charge in [-0.3, -0.25) is 4.79 Å². The molecule has 168 valence electrons. The molecule has 10 heteroatoms. The van der Waals surface area contributed by atoms with Gasteiger partial charge in [-0.05, 0) is 56.7 Å². The molecule has 0 bridgehead atoms.